The van der Waals surface area contributed by atoms with Crippen LogP contribution in [-0.2, 0) is 0 Å². The minimum atomic E-state index is 0.490. The number of hydrogen-bond donors (Lipinski definition) is 0. The predicted molar refractivity (Wildman–Crippen MR) is 77.5 cm³/mol. The number of benzene rings is 1. The van der Waals surface area contributed by atoms with Gasteiger partial charge in [-0.3, -0.25) is 4.98 Å². The molecule has 2 aromatic rings. The van der Waals surface area contributed by atoms with Crippen LogP contribution in [0.25, 0.3) is 10.9 Å². The third kappa shape index (κ3) is 2.80. The van der Waals surface area contributed by atoms with Crippen LogP contribution in [0, 0.1) is 5.92 Å². The summed E-state index contributed by atoms with van der Waals surface area (Å²) in [5.41, 5.74) is 0.884. The van der Waals surface area contributed by atoms with Gasteiger partial charge in [-0.05, 0) is 34.0 Å². The fourth-order valence-electron chi connectivity index (χ4n) is 1.53. The number of ether oxygens (including phenoxy) is 1. The van der Waals surface area contributed by atoms with Crippen LogP contribution in [0.4, 0.5) is 0 Å². The Morgan fingerprint density at radius 1 is 1.29 bits per heavy atom. The molecule has 0 fully saturated rings. The number of hydrogen-bond acceptors (Lipinski definition) is 2. The van der Waals surface area contributed by atoms with E-state index in [4.69, 9.17) is 4.74 Å². The van der Waals surface area contributed by atoms with E-state index in [-0.39, 0.29) is 0 Å². The van der Waals surface area contributed by atoms with Crippen LogP contribution >= 0.6 is 31.9 Å². The zero-order valence-corrected chi connectivity index (χ0v) is 12.9. The van der Waals surface area contributed by atoms with Gasteiger partial charge in [0.2, 0.25) is 0 Å². The van der Waals surface area contributed by atoms with Gasteiger partial charge in [0.15, 0.2) is 5.75 Å². The molecule has 1 aromatic heterocycles. The van der Waals surface area contributed by atoms with E-state index < -0.39 is 0 Å². The predicted octanol–water partition coefficient (Wildman–Crippen LogP) is 4.79. The van der Waals surface area contributed by atoms with Crippen molar-refractivity contribution in [1.29, 1.82) is 0 Å². The highest BCUT2D eigenvalue weighted by Crippen LogP contribution is 2.37. The number of halogens is 2. The molecule has 0 saturated carbocycles. The first-order chi connectivity index (χ1) is 8.09. The van der Waals surface area contributed by atoms with E-state index >= 15 is 0 Å². The Bertz CT molecular complexity index is 540. The molecule has 2 rings (SSSR count). The van der Waals surface area contributed by atoms with Crippen molar-refractivity contribution in [3.05, 3.63) is 33.3 Å². The lowest BCUT2D eigenvalue weighted by Crippen LogP contribution is -2.05. The molecule has 0 aliphatic rings. The summed E-state index contributed by atoms with van der Waals surface area (Å²) < 4.78 is 7.78. The van der Waals surface area contributed by atoms with Crippen molar-refractivity contribution in [2.75, 3.05) is 6.61 Å². The monoisotopic (exact) mass is 357 g/mol. The molecule has 0 N–H and O–H groups in total. The molecule has 0 atom stereocenters. The summed E-state index contributed by atoms with van der Waals surface area (Å²) in [5, 5.41) is 1.06. The van der Waals surface area contributed by atoms with Gasteiger partial charge in [0.1, 0.15) is 5.52 Å². The van der Waals surface area contributed by atoms with E-state index in [1.54, 1.807) is 6.20 Å². The number of aromatic nitrogens is 1. The average Bonchev–Trinajstić information content (AvgIpc) is 2.28. The van der Waals surface area contributed by atoms with Crippen molar-refractivity contribution in [3.8, 4) is 5.75 Å². The van der Waals surface area contributed by atoms with Crippen LogP contribution in [0.3, 0.4) is 0 Å². The largest absolute Gasteiger partial charge is 0.490 e. The third-order valence-electron chi connectivity index (χ3n) is 2.31. The highest BCUT2D eigenvalue weighted by molar-refractivity contribution is 9.11. The number of rotatable bonds is 3. The van der Waals surface area contributed by atoms with Crippen molar-refractivity contribution in [2.45, 2.75) is 13.8 Å². The van der Waals surface area contributed by atoms with Gasteiger partial charge in [0.25, 0.3) is 0 Å². The molecule has 0 spiro atoms. The molecule has 0 radical (unpaired) electrons. The first kappa shape index (κ1) is 12.8. The van der Waals surface area contributed by atoms with Crippen LogP contribution in [0.5, 0.6) is 5.75 Å². The second kappa shape index (κ2) is 5.36. The van der Waals surface area contributed by atoms with E-state index in [1.807, 2.05) is 18.2 Å². The Kier molecular flexibility index (Phi) is 4.05. The summed E-state index contributed by atoms with van der Waals surface area (Å²) >= 11 is 7.06. The molecular formula is C13H13Br2NO. The molecule has 17 heavy (non-hydrogen) atoms. The van der Waals surface area contributed by atoms with Crippen LogP contribution in [0.1, 0.15) is 13.8 Å². The summed E-state index contributed by atoms with van der Waals surface area (Å²) in [6.45, 7) is 4.94. The van der Waals surface area contributed by atoms with Gasteiger partial charge >= 0.3 is 0 Å². The molecule has 0 amide bonds. The van der Waals surface area contributed by atoms with Crippen molar-refractivity contribution < 1.29 is 4.74 Å². The molecule has 0 aliphatic heterocycles. The maximum Gasteiger partial charge on any atom is 0.159 e. The van der Waals surface area contributed by atoms with E-state index in [0.717, 1.165) is 25.6 Å². The zero-order chi connectivity index (χ0) is 12.4. The van der Waals surface area contributed by atoms with Crippen molar-refractivity contribution in [3.63, 3.8) is 0 Å². The normalized spacial score (nSPS) is 11.1. The second-order valence-corrected chi connectivity index (χ2v) is 5.98. The Hall–Kier alpha value is -0.610. The highest BCUT2D eigenvalue weighted by atomic mass is 79.9. The van der Waals surface area contributed by atoms with Gasteiger partial charge in [0, 0.05) is 16.1 Å². The zero-order valence-electron chi connectivity index (χ0n) is 9.71. The fourth-order valence-corrected chi connectivity index (χ4v) is 2.92. The molecule has 90 valence electrons. The van der Waals surface area contributed by atoms with Gasteiger partial charge in [-0.15, -0.1) is 0 Å². The summed E-state index contributed by atoms with van der Waals surface area (Å²) in [4.78, 5) is 4.40. The third-order valence-corrected chi connectivity index (χ3v) is 3.56. The average molecular weight is 359 g/mol. The standard InChI is InChI=1S/C13H13Br2NO/c1-8(2)7-17-13-11(15)6-10(14)9-4-3-5-16-12(9)13/h3-6,8H,7H2,1-2H3. The molecule has 0 aliphatic carbocycles. The molecule has 4 heteroatoms. The van der Waals surface area contributed by atoms with Crippen LogP contribution < -0.4 is 4.74 Å². The molecule has 1 heterocycles. The Morgan fingerprint density at radius 2 is 2.06 bits per heavy atom. The number of pyridine rings is 1. The van der Waals surface area contributed by atoms with Gasteiger partial charge in [0.05, 0.1) is 11.1 Å². The Morgan fingerprint density at radius 3 is 2.76 bits per heavy atom. The minimum absolute atomic E-state index is 0.490. The SMILES string of the molecule is CC(C)COc1c(Br)cc(Br)c2cccnc12. The quantitative estimate of drug-likeness (QED) is 0.786. The summed E-state index contributed by atoms with van der Waals surface area (Å²) in [6, 6.07) is 5.95. The second-order valence-electron chi connectivity index (χ2n) is 4.27. The smallest absolute Gasteiger partial charge is 0.159 e. The molecule has 0 saturated heterocycles. The first-order valence-electron chi connectivity index (χ1n) is 5.45. The summed E-state index contributed by atoms with van der Waals surface area (Å²) in [6.07, 6.45) is 1.78. The van der Waals surface area contributed by atoms with E-state index in [9.17, 15) is 0 Å². The van der Waals surface area contributed by atoms with Gasteiger partial charge in [-0.25, -0.2) is 0 Å². The molecule has 2 nitrogen and oxygen atoms in total. The molecule has 0 bridgehead atoms. The van der Waals surface area contributed by atoms with Gasteiger partial charge in [-0.2, -0.15) is 0 Å². The van der Waals surface area contributed by atoms with Crippen molar-refractivity contribution in [2.24, 2.45) is 5.92 Å². The molecule has 1 aromatic carbocycles. The van der Waals surface area contributed by atoms with Crippen molar-refractivity contribution >= 4 is 42.8 Å². The number of fused-ring (bicyclic) bond motifs is 1. The lowest BCUT2D eigenvalue weighted by Gasteiger charge is -2.13. The highest BCUT2D eigenvalue weighted by Gasteiger charge is 2.12. The Labute approximate surface area is 118 Å². The van der Waals surface area contributed by atoms with Crippen molar-refractivity contribution in [1.82, 2.24) is 4.98 Å². The van der Waals surface area contributed by atoms with Gasteiger partial charge < -0.3 is 4.74 Å². The lowest BCUT2D eigenvalue weighted by atomic mass is 10.2. The van der Waals surface area contributed by atoms with Crippen LogP contribution in [0.15, 0.2) is 33.3 Å². The maximum absolute atomic E-state index is 5.84. The first-order valence-corrected chi connectivity index (χ1v) is 7.03. The fraction of sp³-hybridized carbons (Fsp3) is 0.308. The van der Waals surface area contributed by atoms with Crippen LogP contribution in [-0.4, -0.2) is 11.6 Å². The topological polar surface area (TPSA) is 22.1 Å². The van der Waals surface area contributed by atoms with Gasteiger partial charge in [-0.1, -0.05) is 35.8 Å². The Balaban J connectivity index is 2.53. The lowest BCUT2D eigenvalue weighted by molar-refractivity contribution is 0.272. The molecular weight excluding hydrogens is 346 g/mol. The minimum Gasteiger partial charge on any atom is -0.490 e. The summed E-state index contributed by atoms with van der Waals surface area (Å²) in [7, 11) is 0. The maximum atomic E-state index is 5.84. The van der Waals surface area contributed by atoms with E-state index in [1.165, 1.54) is 0 Å². The van der Waals surface area contributed by atoms with E-state index in [2.05, 4.69) is 50.7 Å². The van der Waals surface area contributed by atoms with Crippen LogP contribution in [0.2, 0.25) is 0 Å². The summed E-state index contributed by atoms with van der Waals surface area (Å²) in [5.74, 6) is 1.31. The number of nitrogens with zero attached hydrogens (tertiary/aromatic N) is 1. The molecule has 0 unspecified atom stereocenters. The van der Waals surface area contributed by atoms with E-state index in [0.29, 0.717) is 12.5 Å².